The Balaban J connectivity index is 1.46. The van der Waals surface area contributed by atoms with Crippen LogP contribution in [-0.2, 0) is 21.3 Å². The molecule has 0 amide bonds. The van der Waals surface area contributed by atoms with Crippen LogP contribution in [0.2, 0.25) is 0 Å². The van der Waals surface area contributed by atoms with Gasteiger partial charge < -0.3 is 4.74 Å². The van der Waals surface area contributed by atoms with Crippen molar-refractivity contribution in [1.82, 2.24) is 23.6 Å². The summed E-state index contributed by atoms with van der Waals surface area (Å²) in [7, 11) is -3.61. The first-order valence-corrected chi connectivity index (χ1v) is 11.6. The molecule has 3 heterocycles. The molecule has 1 aliphatic heterocycles. The molecule has 0 radical (unpaired) electrons. The third-order valence-electron chi connectivity index (χ3n) is 5.41. The predicted molar refractivity (Wildman–Crippen MR) is 118 cm³/mol. The standard InChI is InChI=1S/C22H21N5O4S/c28-22-20-14-24-27(18-6-2-1-3-7-18)21(20)23-16-25(22)15-17-5-4-8-19(13-17)32(29,30)26-9-11-31-12-10-26/h1-8,13-14,16H,9-12,15H2. The van der Waals surface area contributed by atoms with Crippen molar-refractivity contribution in [2.45, 2.75) is 11.4 Å². The molecule has 0 aliphatic carbocycles. The van der Waals surface area contributed by atoms with Gasteiger partial charge in [0.15, 0.2) is 5.65 Å². The molecule has 0 spiro atoms. The third kappa shape index (κ3) is 3.72. The molecule has 0 unspecified atom stereocenters. The smallest absolute Gasteiger partial charge is 0.264 e. The number of ether oxygens (including phenoxy) is 1. The fraction of sp³-hybridized carbons (Fsp3) is 0.227. The molecule has 0 bridgehead atoms. The van der Waals surface area contributed by atoms with E-state index in [0.717, 1.165) is 5.69 Å². The van der Waals surface area contributed by atoms with E-state index in [9.17, 15) is 13.2 Å². The number of morpholine rings is 1. The van der Waals surface area contributed by atoms with E-state index in [2.05, 4.69) is 10.1 Å². The van der Waals surface area contributed by atoms with E-state index in [-0.39, 0.29) is 17.0 Å². The van der Waals surface area contributed by atoms with Gasteiger partial charge in [-0.05, 0) is 29.8 Å². The van der Waals surface area contributed by atoms with Gasteiger partial charge in [0.1, 0.15) is 11.7 Å². The lowest BCUT2D eigenvalue weighted by Gasteiger charge is -2.26. The minimum absolute atomic E-state index is 0.199. The second-order valence-electron chi connectivity index (χ2n) is 7.47. The normalized spacial score (nSPS) is 15.2. The van der Waals surface area contributed by atoms with Crippen LogP contribution in [0.15, 0.2) is 76.8 Å². The molecule has 1 saturated heterocycles. The lowest BCUT2D eigenvalue weighted by molar-refractivity contribution is 0.0730. The molecule has 5 rings (SSSR count). The number of aromatic nitrogens is 4. The van der Waals surface area contributed by atoms with Gasteiger partial charge in [0.2, 0.25) is 10.0 Å². The number of rotatable bonds is 5. The molecule has 4 aromatic rings. The first-order valence-electron chi connectivity index (χ1n) is 10.2. The van der Waals surface area contributed by atoms with E-state index in [1.807, 2.05) is 30.3 Å². The average molecular weight is 452 g/mol. The molecule has 0 saturated carbocycles. The number of para-hydroxylation sites is 1. The number of sulfonamides is 1. The van der Waals surface area contributed by atoms with Crippen molar-refractivity contribution in [3.63, 3.8) is 0 Å². The van der Waals surface area contributed by atoms with Gasteiger partial charge in [-0.15, -0.1) is 0 Å². The Kier molecular flexibility index (Phi) is 5.33. The molecular formula is C22H21N5O4S. The van der Waals surface area contributed by atoms with Crippen LogP contribution in [-0.4, -0.2) is 58.4 Å². The summed E-state index contributed by atoms with van der Waals surface area (Å²) in [4.78, 5) is 17.7. The third-order valence-corrected chi connectivity index (χ3v) is 7.31. The summed E-state index contributed by atoms with van der Waals surface area (Å²) in [5.74, 6) is 0. The van der Waals surface area contributed by atoms with Crippen molar-refractivity contribution in [2.75, 3.05) is 26.3 Å². The molecule has 164 valence electrons. The second kappa shape index (κ2) is 8.30. The Labute approximate surface area is 184 Å². The molecule has 32 heavy (non-hydrogen) atoms. The highest BCUT2D eigenvalue weighted by Crippen LogP contribution is 2.19. The van der Waals surface area contributed by atoms with Gasteiger partial charge in [-0.3, -0.25) is 9.36 Å². The van der Waals surface area contributed by atoms with Crippen LogP contribution in [0.4, 0.5) is 0 Å². The minimum atomic E-state index is -3.61. The largest absolute Gasteiger partial charge is 0.379 e. The second-order valence-corrected chi connectivity index (χ2v) is 9.41. The Morgan fingerprint density at radius 1 is 1.00 bits per heavy atom. The Bertz CT molecular complexity index is 1420. The summed E-state index contributed by atoms with van der Waals surface area (Å²) >= 11 is 0. The van der Waals surface area contributed by atoms with Crippen molar-refractivity contribution in [3.8, 4) is 5.69 Å². The quantitative estimate of drug-likeness (QED) is 0.458. The molecule has 0 atom stereocenters. The summed E-state index contributed by atoms with van der Waals surface area (Å²) in [6.07, 6.45) is 2.97. The van der Waals surface area contributed by atoms with Gasteiger partial charge in [-0.1, -0.05) is 30.3 Å². The maximum absolute atomic E-state index is 13.0. The topological polar surface area (TPSA) is 99.3 Å². The first kappa shape index (κ1) is 20.6. The van der Waals surface area contributed by atoms with Gasteiger partial charge in [0.25, 0.3) is 5.56 Å². The highest BCUT2D eigenvalue weighted by atomic mass is 32.2. The molecule has 1 aliphatic rings. The molecule has 0 N–H and O–H groups in total. The first-order chi connectivity index (χ1) is 15.5. The van der Waals surface area contributed by atoms with Gasteiger partial charge in [-0.25, -0.2) is 18.1 Å². The number of hydrogen-bond donors (Lipinski definition) is 0. The molecule has 2 aromatic heterocycles. The summed E-state index contributed by atoms with van der Waals surface area (Å²) in [5, 5.41) is 4.72. The van der Waals surface area contributed by atoms with E-state index in [4.69, 9.17) is 4.74 Å². The molecule has 2 aromatic carbocycles. The van der Waals surface area contributed by atoms with Crippen LogP contribution in [0, 0.1) is 0 Å². The lowest BCUT2D eigenvalue weighted by atomic mass is 10.2. The zero-order chi connectivity index (χ0) is 22.1. The van der Waals surface area contributed by atoms with Gasteiger partial charge in [-0.2, -0.15) is 9.40 Å². The number of benzene rings is 2. The van der Waals surface area contributed by atoms with Crippen LogP contribution < -0.4 is 5.56 Å². The summed E-state index contributed by atoms with van der Waals surface area (Å²) < 4.78 is 35.7. The minimum Gasteiger partial charge on any atom is -0.379 e. The van der Waals surface area contributed by atoms with Gasteiger partial charge >= 0.3 is 0 Å². The fourth-order valence-electron chi connectivity index (χ4n) is 3.76. The zero-order valence-electron chi connectivity index (χ0n) is 17.2. The van der Waals surface area contributed by atoms with Gasteiger partial charge in [0, 0.05) is 13.1 Å². The van der Waals surface area contributed by atoms with Crippen LogP contribution in [0.3, 0.4) is 0 Å². The predicted octanol–water partition coefficient (Wildman–Crippen LogP) is 1.65. The van der Waals surface area contributed by atoms with E-state index in [0.29, 0.717) is 42.9 Å². The number of fused-ring (bicyclic) bond motifs is 1. The van der Waals surface area contributed by atoms with Crippen molar-refractivity contribution in [1.29, 1.82) is 0 Å². The number of nitrogens with zero attached hydrogens (tertiary/aromatic N) is 5. The molecular weight excluding hydrogens is 430 g/mol. The molecule has 1 fully saturated rings. The lowest BCUT2D eigenvalue weighted by Crippen LogP contribution is -2.40. The van der Waals surface area contributed by atoms with Crippen LogP contribution in [0.5, 0.6) is 0 Å². The maximum atomic E-state index is 13.0. The fourth-order valence-corrected chi connectivity index (χ4v) is 5.24. The van der Waals surface area contributed by atoms with E-state index < -0.39 is 10.0 Å². The van der Waals surface area contributed by atoms with Gasteiger partial charge in [0.05, 0.1) is 36.5 Å². The summed E-state index contributed by atoms with van der Waals surface area (Å²) in [6, 6.07) is 16.1. The SMILES string of the molecule is O=c1c2cnn(-c3ccccc3)c2ncn1Cc1cccc(S(=O)(=O)N2CCOCC2)c1. The Hall–Kier alpha value is -3.34. The van der Waals surface area contributed by atoms with E-state index in [1.54, 1.807) is 28.9 Å². The molecule has 10 heteroatoms. The monoisotopic (exact) mass is 451 g/mol. The Morgan fingerprint density at radius 3 is 2.56 bits per heavy atom. The summed E-state index contributed by atoms with van der Waals surface area (Å²) in [5.41, 5.74) is 1.74. The zero-order valence-corrected chi connectivity index (χ0v) is 18.0. The van der Waals surface area contributed by atoms with Crippen LogP contribution >= 0.6 is 0 Å². The van der Waals surface area contributed by atoms with E-state index >= 15 is 0 Å². The van der Waals surface area contributed by atoms with Crippen LogP contribution in [0.1, 0.15) is 5.56 Å². The Morgan fingerprint density at radius 2 is 1.78 bits per heavy atom. The van der Waals surface area contributed by atoms with Crippen molar-refractivity contribution >= 4 is 21.1 Å². The average Bonchev–Trinajstić information content (AvgIpc) is 3.27. The number of hydrogen-bond acceptors (Lipinski definition) is 6. The highest BCUT2D eigenvalue weighted by molar-refractivity contribution is 7.89. The van der Waals surface area contributed by atoms with Crippen molar-refractivity contribution < 1.29 is 13.2 Å². The van der Waals surface area contributed by atoms with E-state index in [1.165, 1.54) is 21.4 Å². The maximum Gasteiger partial charge on any atom is 0.264 e. The molecule has 9 nitrogen and oxygen atoms in total. The van der Waals surface area contributed by atoms with Crippen molar-refractivity contribution in [3.05, 3.63) is 83.0 Å². The highest BCUT2D eigenvalue weighted by Gasteiger charge is 2.26. The van der Waals surface area contributed by atoms with Crippen molar-refractivity contribution in [2.24, 2.45) is 0 Å². The summed E-state index contributed by atoms with van der Waals surface area (Å²) in [6.45, 7) is 1.63. The van der Waals surface area contributed by atoms with Crippen LogP contribution in [0.25, 0.3) is 16.7 Å².